The van der Waals surface area contributed by atoms with Gasteiger partial charge in [-0.25, -0.2) is 9.97 Å². The second kappa shape index (κ2) is 9.38. The first kappa shape index (κ1) is 22.3. The number of nitrogens with zero attached hydrogens (tertiary/aromatic N) is 3. The summed E-state index contributed by atoms with van der Waals surface area (Å²) in [4.78, 5) is 37.0. The normalized spacial score (nSPS) is 12.2. The lowest BCUT2D eigenvalue weighted by atomic mass is 10.0. The molecule has 2 amide bonds. The summed E-state index contributed by atoms with van der Waals surface area (Å²) in [7, 11) is 1.53. The highest BCUT2D eigenvalue weighted by Crippen LogP contribution is 2.35. The van der Waals surface area contributed by atoms with Gasteiger partial charge in [-0.3, -0.25) is 9.59 Å². The third-order valence-electron chi connectivity index (χ3n) is 6.03. The molecule has 2 heterocycles. The number of aromatic nitrogens is 2. The summed E-state index contributed by atoms with van der Waals surface area (Å²) < 4.78 is 5.27. The predicted octanol–water partition coefficient (Wildman–Crippen LogP) is 4.92. The zero-order valence-corrected chi connectivity index (χ0v) is 19.5. The summed E-state index contributed by atoms with van der Waals surface area (Å²) in [6.45, 7) is 2.38. The molecule has 0 atom stereocenters. The molecule has 1 aliphatic heterocycles. The number of carbonyl (C=O) groups excluding carboxylic acids is 2. The van der Waals surface area contributed by atoms with Crippen LogP contribution in [0.25, 0.3) is 11.3 Å². The molecule has 0 bridgehead atoms. The summed E-state index contributed by atoms with van der Waals surface area (Å²) in [5.41, 5.74) is 5.19. The van der Waals surface area contributed by atoms with Crippen molar-refractivity contribution in [3.05, 3.63) is 102 Å². The Kier molecular flexibility index (Phi) is 5.97. The van der Waals surface area contributed by atoms with E-state index in [2.05, 4.69) is 15.3 Å². The minimum atomic E-state index is -0.280. The number of ether oxygens (including phenoxy) is 1. The molecule has 1 aliphatic rings. The van der Waals surface area contributed by atoms with Gasteiger partial charge in [0.2, 0.25) is 0 Å². The number of benzene rings is 3. The van der Waals surface area contributed by atoms with E-state index in [1.54, 1.807) is 47.4 Å². The third-order valence-corrected chi connectivity index (χ3v) is 6.03. The molecule has 0 fully saturated rings. The Morgan fingerprint density at radius 3 is 2.51 bits per heavy atom. The Morgan fingerprint density at radius 1 is 0.971 bits per heavy atom. The van der Waals surface area contributed by atoms with E-state index in [0.29, 0.717) is 41.4 Å². The molecule has 0 saturated heterocycles. The highest BCUT2D eigenvalue weighted by molar-refractivity contribution is 6.09. The van der Waals surface area contributed by atoms with Crippen LogP contribution in [0.5, 0.6) is 5.75 Å². The van der Waals surface area contributed by atoms with Gasteiger partial charge in [0.25, 0.3) is 11.8 Å². The van der Waals surface area contributed by atoms with Gasteiger partial charge >= 0.3 is 0 Å². The van der Waals surface area contributed by atoms with E-state index in [0.717, 1.165) is 22.5 Å². The molecule has 5 rings (SSSR count). The molecule has 3 aromatic carbocycles. The maximum Gasteiger partial charge on any atom is 0.259 e. The molecule has 4 aromatic rings. The van der Waals surface area contributed by atoms with Crippen LogP contribution < -0.4 is 15.0 Å². The van der Waals surface area contributed by atoms with E-state index in [-0.39, 0.29) is 11.8 Å². The number of carbonyl (C=O) groups is 2. The van der Waals surface area contributed by atoms with Crippen molar-refractivity contribution in [2.45, 2.75) is 13.3 Å². The lowest BCUT2D eigenvalue weighted by Crippen LogP contribution is -2.32. The van der Waals surface area contributed by atoms with Crippen molar-refractivity contribution in [2.75, 3.05) is 23.9 Å². The number of amides is 2. The zero-order chi connectivity index (χ0) is 24.4. The summed E-state index contributed by atoms with van der Waals surface area (Å²) in [6, 6.07) is 21.8. The van der Waals surface area contributed by atoms with E-state index >= 15 is 0 Å². The van der Waals surface area contributed by atoms with Gasteiger partial charge in [0.15, 0.2) is 0 Å². The van der Waals surface area contributed by atoms with E-state index in [1.807, 2.05) is 43.5 Å². The molecule has 0 aliphatic carbocycles. The summed E-state index contributed by atoms with van der Waals surface area (Å²) in [5, 5.41) is 2.86. The molecule has 0 unspecified atom stereocenters. The molecule has 0 saturated carbocycles. The number of rotatable bonds is 4. The number of methoxy groups -OCH3 is 1. The van der Waals surface area contributed by atoms with Crippen molar-refractivity contribution in [1.82, 2.24) is 9.97 Å². The smallest absolute Gasteiger partial charge is 0.259 e. The van der Waals surface area contributed by atoms with Gasteiger partial charge < -0.3 is 15.0 Å². The van der Waals surface area contributed by atoms with Crippen LogP contribution in [0.3, 0.4) is 0 Å². The van der Waals surface area contributed by atoms with Crippen LogP contribution >= 0.6 is 0 Å². The van der Waals surface area contributed by atoms with Gasteiger partial charge in [-0.1, -0.05) is 30.3 Å². The Morgan fingerprint density at radius 2 is 1.71 bits per heavy atom. The molecule has 0 spiro atoms. The average molecular weight is 465 g/mol. The SMILES string of the molecule is COc1ccccc1C(=O)Nc1ccc(C(=O)N2CCc3cnc(C)nc3-c3ccccc32)cc1. The van der Waals surface area contributed by atoms with Crippen LogP contribution in [0.15, 0.2) is 79.0 Å². The number of aryl methyl sites for hydroxylation is 1. The molecular formula is C28H24N4O3. The molecule has 35 heavy (non-hydrogen) atoms. The number of anilines is 2. The van der Waals surface area contributed by atoms with Gasteiger partial charge in [-0.15, -0.1) is 0 Å². The van der Waals surface area contributed by atoms with Gasteiger partial charge in [0.05, 0.1) is 24.1 Å². The zero-order valence-electron chi connectivity index (χ0n) is 19.5. The largest absolute Gasteiger partial charge is 0.496 e. The van der Waals surface area contributed by atoms with Gasteiger partial charge in [0.1, 0.15) is 11.6 Å². The first-order valence-corrected chi connectivity index (χ1v) is 11.3. The Labute approximate surface area is 203 Å². The van der Waals surface area contributed by atoms with Crippen molar-refractivity contribution in [2.24, 2.45) is 0 Å². The fraction of sp³-hybridized carbons (Fsp3) is 0.143. The Balaban J connectivity index is 1.39. The summed E-state index contributed by atoms with van der Waals surface area (Å²) in [5.74, 6) is 0.802. The van der Waals surface area contributed by atoms with Gasteiger partial charge in [-0.05, 0) is 61.4 Å². The molecular weight excluding hydrogens is 440 g/mol. The second-order valence-corrected chi connectivity index (χ2v) is 8.25. The average Bonchev–Trinajstić information content (AvgIpc) is 3.05. The number of para-hydroxylation sites is 2. The van der Waals surface area contributed by atoms with Crippen molar-refractivity contribution in [3.8, 4) is 17.0 Å². The number of fused-ring (bicyclic) bond motifs is 3. The molecule has 1 N–H and O–H groups in total. The lowest BCUT2D eigenvalue weighted by molar-refractivity contribution is 0.0986. The first-order valence-electron chi connectivity index (χ1n) is 11.3. The van der Waals surface area contributed by atoms with Crippen LogP contribution in [0.2, 0.25) is 0 Å². The highest BCUT2D eigenvalue weighted by atomic mass is 16.5. The minimum absolute atomic E-state index is 0.113. The van der Waals surface area contributed by atoms with Gasteiger partial charge in [-0.2, -0.15) is 0 Å². The fourth-order valence-electron chi connectivity index (χ4n) is 4.27. The molecule has 7 heteroatoms. The number of nitrogens with one attached hydrogen (secondary N) is 1. The van der Waals surface area contributed by atoms with E-state index in [1.165, 1.54) is 7.11 Å². The molecule has 1 aromatic heterocycles. The topological polar surface area (TPSA) is 84.4 Å². The maximum atomic E-state index is 13.6. The minimum Gasteiger partial charge on any atom is -0.496 e. The van der Waals surface area contributed by atoms with Crippen LogP contribution in [0.1, 0.15) is 32.1 Å². The quantitative estimate of drug-likeness (QED) is 0.464. The Hall–Kier alpha value is -4.52. The van der Waals surface area contributed by atoms with E-state index in [9.17, 15) is 9.59 Å². The lowest BCUT2D eigenvalue weighted by Gasteiger charge is -2.23. The predicted molar refractivity (Wildman–Crippen MR) is 135 cm³/mol. The van der Waals surface area contributed by atoms with Crippen molar-refractivity contribution >= 4 is 23.2 Å². The third kappa shape index (κ3) is 4.36. The number of hydrogen-bond donors (Lipinski definition) is 1. The molecule has 174 valence electrons. The van der Waals surface area contributed by atoms with Crippen molar-refractivity contribution < 1.29 is 14.3 Å². The van der Waals surface area contributed by atoms with Crippen LogP contribution in [-0.4, -0.2) is 35.4 Å². The Bertz CT molecular complexity index is 1420. The van der Waals surface area contributed by atoms with Gasteiger partial charge in [0, 0.05) is 29.6 Å². The van der Waals surface area contributed by atoms with Crippen LogP contribution in [0.4, 0.5) is 11.4 Å². The molecule has 7 nitrogen and oxygen atoms in total. The second-order valence-electron chi connectivity index (χ2n) is 8.25. The fourth-order valence-corrected chi connectivity index (χ4v) is 4.27. The van der Waals surface area contributed by atoms with E-state index < -0.39 is 0 Å². The van der Waals surface area contributed by atoms with E-state index in [4.69, 9.17) is 4.74 Å². The summed E-state index contributed by atoms with van der Waals surface area (Å²) in [6.07, 6.45) is 2.50. The number of hydrogen-bond acceptors (Lipinski definition) is 5. The first-order chi connectivity index (χ1) is 17.0. The monoisotopic (exact) mass is 464 g/mol. The van der Waals surface area contributed by atoms with Crippen molar-refractivity contribution in [3.63, 3.8) is 0 Å². The van der Waals surface area contributed by atoms with Crippen LogP contribution in [-0.2, 0) is 6.42 Å². The molecule has 0 radical (unpaired) electrons. The standard InChI is InChI=1S/C28H24N4O3/c1-18-29-17-20-15-16-32(24-9-5-3-7-22(24)26(20)30-18)28(34)19-11-13-21(14-12-19)31-27(33)23-8-4-6-10-25(23)35-2/h3-14,17H,15-16H2,1-2H3,(H,31,33). The summed E-state index contributed by atoms with van der Waals surface area (Å²) >= 11 is 0. The van der Waals surface area contributed by atoms with Crippen LogP contribution in [0, 0.1) is 6.92 Å². The highest BCUT2D eigenvalue weighted by Gasteiger charge is 2.26. The maximum absolute atomic E-state index is 13.6. The van der Waals surface area contributed by atoms with Crippen molar-refractivity contribution in [1.29, 1.82) is 0 Å².